The molecule has 126 valence electrons. The quantitative estimate of drug-likeness (QED) is 0.576. The molecule has 0 saturated heterocycles. The Morgan fingerprint density at radius 1 is 1.13 bits per heavy atom. The zero-order valence-electron chi connectivity index (χ0n) is 13.1. The molecule has 6 heteroatoms. The van der Waals surface area contributed by atoms with Gasteiger partial charge in [0.2, 0.25) is 6.41 Å². The Morgan fingerprint density at radius 2 is 1.74 bits per heavy atom. The van der Waals surface area contributed by atoms with Crippen LogP contribution >= 0.6 is 11.6 Å². The summed E-state index contributed by atoms with van der Waals surface area (Å²) in [6, 6.07) is 2.93. The molecule has 3 N–H and O–H groups in total. The van der Waals surface area contributed by atoms with Gasteiger partial charge >= 0.3 is 0 Å². The first kappa shape index (κ1) is 17.6. The van der Waals surface area contributed by atoms with Crippen LogP contribution in [0.3, 0.4) is 0 Å². The fraction of sp³-hybridized carbons (Fsp3) is 0.529. The Bertz CT molecular complexity index is 553. The smallest absolute Gasteiger partial charge is 0.255 e. The molecule has 1 aliphatic rings. The zero-order valence-corrected chi connectivity index (χ0v) is 13.9. The van der Waals surface area contributed by atoms with E-state index in [-0.39, 0.29) is 34.0 Å². The first-order chi connectivity index (χ1) is 11.1. The number of rotatable bonds is 4. The van der Waals surface area contributed by atoms with Crippen molar-refractivity contribution in [2.24, 2.45) is 0 Å². The van der Waals surface area contributed by atoms with Crippen molar-refractivity contribution < 1.29 is 14.7 Å². The second kappa shape index (κ2) is 8.77. The van der Waals surface area contributed by atoms with Crippen molar-refractivity contribution in [1.82, 2.24) is 5.32 Å². The zero-order chi connectivity index (χ0) is 16.7. The van der Waals surface area contributed by atoms with Gasteiger partial charge in [-0.15, -0.1) is 0 Å². The van der Waals surface area contributed by atoms with Crippen LogP contribution in [-0.2, 0) is 4.79 Å². The van der Waals surface area contributed by atoms with Gasteiger partial charge in [-0.25, -0.2) is 0 Å². The molecule has 2 rings (SSSR count). The fourth-order valence-electron chi connectivity index (χ4n) is 2.99. The van der Waals surface area contributed by atoms with Crippen LogP contribution in [0, 0.1) is 0 Å². The van der Waals surface area contributed by atoms with Crippen molar-refractivity contribution in [2.75, 3.05) is 5.32 Å². The summed E-state index contributed by atoms with van der Waals surface area (Å²) < 4.78 is 0. The second-order valence-electron chi connectivity index (χ2n) is 5.98. The number of hydrogen-bond acceptors (Lipinski definition) is 3. The Morgan fingerprint density at radius 3 is 2.35 bits per heavy atom. The van der Waals surface area contributed by atoms with Crippen molar-refractivity contribution in [2.45, 2.75) is 57.4 Å². The van der Waals surface area contributed by atoms with E-state index in [1.165, 1.54) is 37.8 Å². The van der Waals surface area contributed by atoms with Crippen LogP contribution in [0.2, 0.25) is 5.02 Å². The molecule has 1 aliphatic carbocycles. The van der Waals surface area contributed by atoms with Gasteiger partial charge in [0.05, 0.1) is 11.3 Å². The lowest BCUT2D eigenvalue weighted by Gasteiger charge is -2.19. The molecule has 1 aromatic carbocycles. The van der Waals surface area contributed by atoms with Crippen LogP contribution in [0.15, 0.2) is 12.1 Å². The van der Waals surface area contributed by atoms with E-state index >= 15 is 0 Å². The minimum Gasteiger partial charge on any atom is -0.505 e. The summed E-state index contributed by atoms with van der Waals surface area (Å²) in [5, 5.41) is 15.8. The third kappa shape index (κ3) is 5.13. The first-order valence-corrected chi connectivity index (χ1v) is 8.53. The van der Waals surface area contributed by atoms with E-state index in [2.05, 4.69) is 10.6 Å². The molecule has 0 aromatic heterocycles. The lowest BCUT2D eigenvalue weighted by molar-refractivity contribution is -0.105. The highest BCUT2D eigenvalue weighted by Gasteiger charge is 2.19. The fourth-order valence-corrected chi connectivity index (χ4v) is 3.20. The van der Waals surface area contributed by atoms with Gasteiger partial charge in [-0.2, -0.15) is 0 Å². The molecule has 0 aliphatic heterocycles. The van der Waals surface area contributed by atoms with E-state index in [4.69, 9.17) is 11.6 Å². The van der Waals surface area contributed by atoms with Crippen LogP contribution in [0.25, 0.3) is 0 Å². The maximum atomic E-state index is 12.5. The van der Waals surface area contributed by atoms with E-state index in [0.29, 0.717) is 6.41 Å². The Labute approximate surface area is 141 Å². The maximum absolute atomic E-state index is 12.5. The predicted octanol–water partition coefficient (Wildman–Crippen LogP) is 3.85. The van der Waals surface area contributed by atoms with Crippen molar-refractivity contribution in [3.8, 4) is 5.75 Å². The normalized spacial score (nSPS) is 16.7. The molecule has 0 atom stereocenters. The number of carbonyl (C=O) groups is 2. The monoisotopic (exact) mass is 338 g/mol. The summed E-state index contributed by atoms with van der Waals surface area (Å²) in [6.45, 7) is 0. The summed E-state index contributed by atoms with van der Waals surface area (Å²) in [4.78, 5) is 23.1. The maximum Gasteiger partial charge on any atom is 0.255 e. The third-order valence-corrected chi connectivity index (χ3v) is 4.44. The molecule has 0 heterocycles. The van der Waals surface area contributed by atoms with Crippen molar-refractivity contribution in [3.63, 3.8) is 0 Å². The van der Waals surface area contributed by atoms with Gasteiger partial charge in [-0.1, -0.05) is 50.1 Å². The molecule has 1 aromatic rings. The second-order valence-corrected chi connectivity index (χ2v) is 6.42. The van der Waals surface area contributed by atoms with Crippen molar-refractivity contribution in [1.29, 1.82) is 0 Å². The highest BCUT2D eigenvalue weighted by molar-refractivity contribution is 6.31. The number of halogens is 1. The van der Waals surface area contributed by atoms with Crippen LogP contribution in [0.4, 0.5) is 5.69 Å². The largest absolute Gasteiger partial charge is 0.505 e. The minimum atomic E-state index is -0.358. The molecule has 0 spiro atoms. The van der Waals surface area contributed by atoms with Crippen LogP contribution in [0.5, 0.6) is 5.75 Å². The minimum absolute atomic E-state index is 0.0849. The first-order valence-electron chi connectivity index (χ1n) is 8.15. The van der Waals surface area contributed by atoms with Crippen molar-refractivity contribution in [3.05, 3.63) is 22.7 Å². The molecule has 23 heavy (non-hydrogen) atoms. The molecule has 5 nitrogen and oxygen atoms in total. The molecule has 2 amide bonds. The molecule has 1 saturated carbocycles. The molecule has 0 radical (unpaired) electrons. The van der Waals surface area contributed by atoms with Gasteiger partial charge in [-0.05, 0) is 25.0 Å². The molecular weight excluding hydrogens is 316 g/mol. The third-order valence-electron chi connectivity index (χ3n) is 4.22. The highest BCUT2D eigenvalue weighted by atomic mass is 35.5. The number of nitrogens with one attached hydrogen (secondary N) is 2. The number of hydrogen-bond donors (Lipinski definition) is 3. The van der Waals surface area contributed by atoms with Crippen LogP contribution in [0.1, 0.15) is 61.7 Å². The number of benzene rings is 1. The number of carbonyl (C=O) groups excluding carboxylic acids is 2. The van der Waals surface area contributed by atoms with Gasteiger partial charge in [0.15, 0.2) is 5.75 Å². The summed E-state index contributed by atoms with van der Waals surface area (Å²) in [5.41, 5.74) is 0.217. The van der Waals surface area contributed by atoms with Gasteiger partial charge in [0, 0.05) is 11.1 Å². The standard InChI is InChI=1S/C17H23ClN2O3/c18-12-9-14(16(22)15(10-12)19-11-21)17(23)20-13-7-5-3-1-2-4-6-8-13/h9-11,13,22H,1-8H2,(H,19,21)(H,20,23). The Balaban J connectivity index is 2.11. The Hall–Kier alpha value is -1.75. The number of anilines is 1. The van der Waals surface area contributed by atoms with E-state index < -0.39 is 0 Å². The Kier molecular flexibility index (Phi) is 6.71. The predicted molar refractivity (Wildman–Crippen MR) is 91.0 cm³/mol. The van der Waals surface area contributed by atoms with Gasteiger partial charge < -0.3 is 15.7 Å². The number of phenols is 1. The number of amides is 2. The SMILES string of the molecule is O=CNc1cc(Cl)cc(C(=O)NC2CCCCCCCC2)c1O. The average Bonchev–Trinajstić information content (AvgIpc) is 2.64. The summed E-state index contributed by atoms with van der Waals surface area (Å²) in [7, 11) is 0. The lowest BCUT2D eigenvalue weighted by atomic mass is 10.0. The van der Waals surface area contributed by atoms with Gasteiger partial charge in [0.1, 0.15) is 0 Å². The summed E-state index contributed by atoms with van der Waals surface area (Å²) >= 11 is 5.97. The van der Waals surface area contributed by atoms with E-state index in [0.717, 1.165) is 25.7 Å². The van der Waals surface area contributed by atoms with Crippen LogP contribution < -0.4 is 10.6 Å². The lowest BCUT2D eigenvalue weighted by Crippen LogP contribution is -2.34. The molecule has 0 bridgehead atoms. The summed E-state index contributed by atoms with van der Waals surface area (Å²) in [6.07, 6.45) is 9.45. The van der Waals surface area contributed by atoms with Gasteiger partial charge in [0.25, 0.3) is 5.91 Å². The van der Waals surface area contributed by atoms with E-state index in [1.54, 1.807) is 0 Å². The molecule has 1 fully saturated rings. The average molecular weight is 339 g/mol. The highest BCUT2D eigenvalue weighted by Crippen LogP contribution is 2.31. The summed E-state index contributed by atoms with van der Waals surface area (Å²) in [5.74, 6) is -0.620. The number of aromatic hydroxyl groups is 1. The molecule has 0 unspecified atom stereocenters. The van der Waals surface area contributed by atoms with E-state index in [9.17, 15) is 14.7 Å². The van der Waals surface area contributed by atoms with Crippen LogP contribution in [-0.4, -0.2) is 23.5 Å². The topological polar surface area (TPSA) is 78.4 Å². The van der Waals surface area contributed by atoms with Gasteiger partial charge in [-0.3, -0.25) is 9.59 Å². The van der Waals surface area contributed by atoms with E-state index in [1.807, 2.05) is 0 Å². The number of phenolic OH excluding ortho intramolecular Hbond substituents is 1. The van der Waals surface area contributed by atoms with Crippen molar-refractivity contribution >= 4 is 29.6 Å². The molecular formula is C17H23ClN2O3.